The molecular formula is C34H39N5O4. The van der Waals surface area contributed by atoms with Crippen molar-refractivity contribution in [2.24, 2.45) is 5.41 Å². The van der Waals surface area contributed by atoms with E-state index in [9.17, 15) is 14.4 Å². The largest absolute Gasteiger partial charge is 0.493 e. The summed E-state index contributed by atoms with van der Waals surface area (Å²) >= 11 is 0. The molecule has 0 bridgehead atoms. The van der Waals surface area contributed by atoms with Crippen molar-refractivity contribution in [2.75, 3.05) is 48.0 Å². The van der Waals surface area contributed by atoms with Gasteiger partial charge in [0.1, 0.15) is 11.2 Å². The minimum atomic E-state index is -1.15. The monoisotopic (exact) mass is 581 g/mol. The zero-order valence-electron chi connectivity index (χ0n) is 25.3. The van der Waals surface area contributed by atoms with Gasteiger partial charge in [-0.25, -0.2) is 0 Å². The number of anilines is 3. The highest BCUT2D eigenvalue weighted by Crippen LogP contribution is 2.40. The Balaban J connectivity index is 1.22. The Hall–Kier alpha value is -4.66. The number of amides is 2. The predicted octanol–water partition coefficient (Wildman–Crippen LogP) is 5.12. The maximum atomic E-state index is 13.1. The fraction of sp³-hybridized carbons (Fsp3) is 0.353. The molecule has 5 rings (SSSR count). The van der Waals surface area contributed by atoms with Gasteiger partial charge < -0.3 is 24.0 Å². The Bertz CT molecular complexity index is 1670. The molecule has 9 heteroatoms. The first-order chi connectivity index (χ1) is 20.7. The molecule has 2 aromatic carbocycles. The summed E-state index contributed by atoms with van der Waals surface area (Å²) in [7, 11) is 1.71. The number of hydrogen-bond donors (Lipinski definition) is 0. The van der Waals surface area contributed by atoms with Crippen molar-refractivity contribution in [3.63, 3.8) is 0 Å². The number of benzene rings is 2. The van der Waals surface area contributed by atoms with E-state index in [1.165, 1.54) is 0 Å². The molecule has 0 fully saturated rings. The second-order valence-electron chi connectivity index (χ2n) is 11.3. The lowest BCUT2D eigenvalue weighted by atomic mass is 9.90. The molecule has 0 atom stereocenters. The highest BCUT2D eigenvalue weighted by atomic mass is 16.5. The van der Waals surface area contributed by atoms with Crippen molar-refractivity contribution in [1.29, 1.82) is 0 Å². The third-order valence-corrected chi connectivity index (χ3v) is 8.12. The van der Waals surface area contributed by atoms with E-state index in [2.05, 4.69) is 9.88 Å². The molecule has 224 valence electrons. The molecule has 0 unspecified atom stereocenters. The number of nitrogens with zero attached hydrogens (tertiary/aromatic N) is 5. The van der Waals surface area contributed by atoms with Gasteiger partial charge >= 0.3 is 0 Å². The van der Waals surface area contributed by atoms with Gasteiger partial charge in [0, 0.05) is 69.0 Å². The Morgan fingerprint density at radius 3 is 2.40 bits per heavy atom. The SMILES string of the molecule is CCN1C(=O)C(C)(C)C(=O)N(C)c2cc(OCCCN(CCCn3ccc4ccccc4c3=O)c3ccncc3)ccc21. The first-order valence-corrected chi connectivity index (χ1v) is 14.8. The topological polar surface area (TPSA) is 88.0 Å². The zero-order valence-corrected chi connectivity index (χ0v) is 25.3. The van der Waals surface area contributed by atoms with Crippen molar-refractivity contribution >= 4 is 39.6 Å². The molecule has 0 radical (unpaired) electrons. The van der Waals surface area contributed by atoms with Crippen LogP contribution in [-0.4, -0.2) is 54.7 Å². The van der Waals surface area contributed by atoms with Crippen LogP contribution >= 0.6 is 0 Å². The molecular weight excluding hydrogens is 542 g/mol. The predicted molar refractivity (Wildman–Crippen MR) is 171 cm³/mol. The summed E-state index contributed by atoms with van der Waals surface area (Å²) < 4.78 is 7.92. The number of pyridine rings is 2. The fourth-order valence-corrected chi connectivity index (χ4v) is 5.68. The van der Waals surface area contributed by atoms with Crippen LogP contribution in [0.4, 0.5) is 17.1 Å². The number of aryl methyl sites for hydroxylation is 1. The number of aromatic nitrogens is 2. The molecule has 4 aromatic rings. The maximum Gasteiger partial charge on any atom is 0.258 e. The lowest BCUT2D eigenvalue weighted by Crippen LogP contribution is -2.47. The number of fused-ring (bicyclic) bond motifs is 2. The average Bonchev–Trinajstić information content (AvgIpc) is 3.08. The van der Waals surface area contributed by atoms with Gasteiger partial charge in [0.15, 0.2) is 0 Å². The van der Waals surface area contributed by atoms with Crippen molar-refractivity contribution in [1.82, 2.24) is 9.55 Å². The van der Waals surface area contributed by atoms with Crippen molar-refractivity contribution < 1.29 is 14.3 Å². The number of ether oxygens (including phenoxy) is 1. The van der Waals surface area contributed by atoms with Crippen molar-refractivity contribution in [2.45, 2.75) is 40.2 Å². The van der Waals surface area contributed by atoms with Gasteiger partial charge in [-0.1, -0.05) is 18.2 Å². The normalized spacial score (nSPS) is 14.5. The second-order valence-corrected chi connectivity index (χ2v) is 11.3. The highest BCUT2D eigenvalue weighted by molar-refractivity contribution is 6.20. The number of hydrogen-bond acceptors (Lipinski definition) is 6. The van der Waals surface area contributed by atoms with E-state index in [1.807, 2.05) is 73.8 Å². The molecule has 1 aliphatic rings. The van der Waals surface area contributed by atoms with E-state index < -0.39 is 5.41 Å². The van der Waals surface area contributed by atoms with Crippen LogP contribution in [0.5, 0.6) is 5.75 Å². The molecule has 0 aliphatic carbocycles. The van der Waals surface area contributed by atoms with E-state index in [0.717, 1.165) is 42.4 Å². The standard InChI is InChI=1S/C34H39N5O4/c1-5-39-29-13-12-27(24-30(29)36(4)32(41)34(2,3)33(39)42)43-23-9-21-37(26-14-17-35-18-15-26)19-8-20-38-22-16-25-10-6-7-11-28(25)31(38)40/h6-7,10-18,22,24H,5,8-9,19-21,23H2,1-4H3. The fourth-order valence-electron chi connectivity index (χ4n) is 5.68. The van der Waals surface area contributed by atoms with Crippen LogP contribution in [0, 0.1) is 5.41 Å². The molecule has 0 N–H and O–H groups in total. The molecule has 0 saturated heterocycles. The van der Waals surface area contributed by atoms with Crippen LogP contribution in [0.2, 0.25) is 0 Å². The first-order valence-electron chi connectivity index (χ1n) is 14.8. The summed E-state index contributed by atoms with van der Waals surface area (Å²) in [4.78, 5) is 48.9. The Morgan fingerprint density at radius 1 is 0.884 bits per heavy atom. The molecule has 9 nitrogen and oxygen atoms in total. The molecule has 43 heavy (non-hydrogen) atoms. The number of rotatable bonds is 11. The minimum Gasteiger partial charge on any atom is -0.493 e. The highest BCUT2D eigenvalue weighted by Gasteiger charge is 2.45. The van der Waals surface area contributed by atoms with Gasteiger partial charge in [0.2, 0.25) is 11.8 Å². The molecule has 3 heterocycles. The average molecular weight is 582 g/mol. The van der Waals surface area contributed by atoms with Crippen LogP contribution in [0.25, 0.3) is 10.8 Å². The molecule has 0 spiro atoms. The maximum absolute atomic E-state index is 13.1. The van der Waals surface area contributed by atoms with Crippen LogP contribution < -0.4 is 25.0 Å². The van der Waals surface area contributed by atoms with Gasteiger partial charge in [0.05, 0.1) is 18.0 Å². The van der Waals surface area contributed by atoms with E-state index in [4.69, 9.17) is 4.74 Å². The van der Waals surface area contributed by atoms with E-state index >= 15 is 0 Å². The Labute approximate surface area is 252 Å². The molecule has 0 saturated carbocycles. The van der Waals surface area contributed by atoms with Crippen molar-refractivity contribution in [3.8, 4) is 5.75 Å². The van der Waals surface area contributed by atoms with Gasteiger partial charge in [-0.2, -0.15) is 0 Å². The van der Waals surface area contributed by atoms with Crippen LogP contribution in [-0.2, 0) is 16.1 Å². The van der Waals surface area contributed by atoms with Crippen LogP contribution in [0.1, 0.15) is 33.6 Å². The third kappa shape index (κ3) is 6.11. The second kappa shape index (κ2) is 12.7. The molecule has 2 amide bonds. The molecule has 1 aliphatic heterocycles. The van der Waals surface area contributed by atoms with Crippen molar-refractivity contribution in [3.05, 3.63) is 89.6 Å². The van der Waals surface area contributed by atoms with Gasteiger partial charge in [0.25, 0.3) is 5.56 Å². The molecule has 2 aromatic heterocycles. The van der Waals surface area contributed by atoms with Crippen LogP contribution in [0.15, 0.2) is 84.0 Å². The summed E-state index contributed by atoms with van der Waals surface area (Å²) in [6.07, 6.45) is 7.00. The summed E-state index contributed by atoms with van der Waals surface area (Å²) in [5, 5.41) is 1.69. The third-order valence-electron chi connectivity index (χ3n) is 8.12. The first kappa shape index (κ1) is 29.8. The smallest absolute Gasteiger partial charge is 0.258 e. The lowest BCUT2D eigenvalue weighted by Gasteiger charge is -2.27. The lowest BCUT2D eigenvalue weighted by molar-refractivity contribution is -0.137. The van der Waals surface area contributed by atoms with E-state index in [0.29, 0.717) is 36.8 Å². The Kier molecular flexibility index (Phi) is 8.80. The summed E-state index contributed by atoms with van der Waals surface area (Å²) in [6.45, 7) is 8.35. The minimum absolute atomic E-state index is 0.0324. The zero-order chi connectivity index (χ0) is 30.6. The van der Waals surface area contributed by atoms with Gasteiger partial charge in [-0.15, -0.1) is 0 Å². The number of carbonyl (C=O) groups is 2. The van der Waals surface area contributed by atoms with Gasteiger partial charge in [-0.05, 0) is 75.4 Å². The van der Waals surface area contributed by atoms with E-state index in [-0.39, 0.29) is 17.4 Å². The van der Waals surface area contributed by atoms with Gasteiger partial charge in [-0.3, -0.25) is 19.4 Å². The number of carbonyl (C=O) groups excluding carboxylic acids is 2. The summed E-state index contributed by atoms with van der Waals surface area (Å²) in [6, 6.07) is 19.2. The summed E-state index contributed by atoms with van der Waals surface area (Å²) in [5.41, 5.74) is 1.31. The van der Waals surface area contributed by atoms with E-state index in [1.54, 1.807) is 47.7 Å². The summed E-state index contributed by atoms with van der Waals surface area (Å²) in [5.74, 6) is 0.194. The quantitative estimate of drug-likeness (QED) is 0.181. The Morgan fingerprint density at radius 2 is 1.63 bits per heavy atom. The van der Waals surface area contributed by atoms with Crippen LogP contribution in [0.3, 0.4) is 0 Å².